The van der Waals surface area contributed by atoms with E-state index < -0.39 is 23.5 Å². The number of carbonyl (C=O) groups excluding carboxylic acids is 2. The Bertz CT molecular complexity index is 1260. The van der Waals surface area contributed by atoms with Crippen LogP contribution in [0, 0.1) is 6.92 Å². The van der Waals surface area contributed by atoms with Gasteiger partial charge in [0.15, 0.2) is 0 Å². The molecule has 1 aliphatic rings. The van der Waals surface area contributed by atoms with Crippen molar-refractivity contribution in [1.29, 1.82) is 0 Å². The first-order chi connectivity index (χ1) is 15.7. The van der Waals surface area contributed by atoms with Crippen molar-refractivity contribution in [3.8, 4) is 0 Å². The van der Waals surface area contributed by atoms with Crippen LogP contribution in [0.5, 0.6) is 0 Å². The second-order valence-corrected chi connectivity index (χ2v) is 10.1. The SMILES string of the molecule is Cc1c(C(=O)OC2CCCCC2)sc2ncn(C(C)C(=O)Nc3cc(Cl)cc(Cl)c3)c(=O)c12. The van der Waals surface area contributed by atoms with Crippen LogP contribution in [0.3, 0.4) is 0 Å². The third kappa shape index (κ3) is 5.08. The summed E-state index contributed by atoms with van der Waals surface area (Å²) in [6.45, 7) is 3.30. The molecule has 1 aromatic carbocycles. The molecule has 1 unspecified atom stereocenters. The highest BCUT2D eigenvalue weighted by molar-refractivity contribution is 7.20. The van der Waals surface area contributed by atoms with Crippen LogP contribution < -0.4 is 10.9 Å². The van der Waals surface area contributed by atoms with Gasteiger partial charge in [-0.25, -0.2) is 9.78 Å². The van der Waals surface area contributed by atoms with Crippen LogP contribution in [-0.4, -0.2) is 27.5 Å². The van der Waals surface area contributed by atoms with Gasteiger partial charge in [0.1, 0.15) is 21.9 Å². The van der Waals surface area contributed by atoms with Gasteiger partial charge in [-0.3, -0.25) is 14.2 Å². The van der Waals surface area contributed by atoms with Crippen LogP contribution in [0.15, 0.2) is 29.3 Å². The number of halogens is 2. The van der Waals surface area contributed by atoms with E-state index in [1.165, 1.54) is 10.9 Å². The standard InChI is InChI=1S/C23H23Cl2N3O4S/c1-12-18-21(33-19(12)23(31)32-17-6-4-3-5-7-17)26-11-28(22(18)30)13(2)20(29)27-16-9-14(24)8-15(25)10-16/h8-11,13,17H,3-7H2,1-2H3,(H,27,29). The normalized spacial score (nSPS) is 15.4. The van der Waals surface area contributed by atoms with Gasteiger partial charge in [-0.15, -0.1) is 11.3 Å². The highest BCUT2D eigenvalue weighted by Crippen LogP contribution is 2.30. The highest BCUT2D eigenvalue weighted by Gasteiger charge is 2.26. The molecule has 10 heteroatoms. The molecule has 0 bridgehead atoms. The molecule has 2 heterocycles. The number of hydrogen-bond acceptors (Lipinski definition) is 6. The molecule has 4 rings (SSSR count). The van der Waals surface area contributed by atoms with Gasteiger partial charge >= 0.3 is 5.97 Å². The van der Waals surface area contributed by atoms with E-state index in [1.54, 1.807) is 32.0 Å². The summed E-state index contributed by atoms with van der Waals surface area (Å²) < 4.78 is 6.93. The lowest BCUT2D eigenvalue weighted by atomic mass is 9.98. The number of nitrogens with one attached hydrogen (secondary N) is 1. The molecule has 174 valence electrons. The molecule has 3 aromatic rings. The molecular weight excluding hydrogens is 485 g/mol. The molecule has 1 aliphatic carbocycles. The largest absolute Gasteiger partial charge is 0.458 e. The maximum absolute atomic E-state index is 13.2. The van der Waals surface area contributed by atoms with Gasteiger partial charge in [0.25, 0.3) is 5.56 Å². The van der Waals surface area contributed by atoms with Gasteiger partial charge in [-0.2, -0.15) is 0 Å². The number of aromatic nitrogens is 2. The van der Waals surface area contributed by atoms with Crippen molar-refractivity contribution in [1.82, 2.24) is 9.55 Å². The topological polar surface area (TPSA) is 90.3 Å². The van der Waals surface area contributed by atoms with E-state index in [9.17, 15) is 14.4 Å². The van der Waals surface area contributed by atoms with Gasteiger partial charge in [0.2, 0.25) is 5.91 Å². The molecule has 1 fully saturated rings. The van der Waals surface area contributed by atoms with Gasteiger partial charge in [-0.1, -0.05) is 29.6 Å². The Kier molecular flexibility index (Phi) is 7.07. The molecule has 1 atom stereocenters. The molecule has 2 aromatic heterocycles. The summed E-state index contributed by atoms with van der Waals surface area (Å²) in [5.41, 5.74) is 0.556. The summed E-state index contributed by atoms with van der Waals surface area (Å²) in [5.74, 6) is -0.849. The van der Waals surface area contributed by atoms with Gasteiger partial charge in [-0.05, 0) is 63.3 Å². The molecule has 1 N–H and O–H groups in total. The van der Waals surface area contributed by atoms with Crippen molar-refractivity contribution >= 4 is 62.3 Å². The number of thiophene rings is 1. The lowest BCUT2D eigenvalue weighted by Gasteiger charge is -2.21. The minimum absolute atomic E-state index is 0.0795. The number of hydrogen-bond donors (Lipinski definition) is 1. The van der Waals surface area contributed by atoms with Crippen LogP contribution in [0.1, 0.15) is 60.3 Å². The molecule has 1 amide bonds. The molecule has 0 aliphatic heterocycles. The Morgan fingerprint density at radius 3 is 2.52 bits per heavy atom. The van der Waals surface area contributed by atoms with E-state index in [-0.39, 0.29) is 6.10 Å². The average Bonchev–Trinajstić information content (AvgIpc) is 3.11. The van der Waals surface area contributed by atoms with Crippen molar-refractivity contribution in [2.24, 2.45) is 0 Å². The third-order valence-corrected chi connectivity index (χ3v) is 7.43. The first-order valence-electron chi connectivity index (χ1n) is 10.7. The number of aryl methyl sites for hydroxylation is 1. The zero-order valence-electron chi connectivity index (χ0n) is 18.2. The maximum atomic E-state index is 13.2. The summed E-state index contributed by atoms with van der Waals surface area (Å²) in [5, 5.41) is 3.80. The number of rotatable bonds is 5. The first-order valence-corrected chi connectivity index (χ1v) is 12.3. The summed E-state index contributed by atoms with van der Waals surface area (Å²) in [7, 11) is 0. The summed E-state index contributed by atoms with van der Waals surface area (Å²) >= 11 is 13.1. The fourth-order valence-electron chi connectivity index (χ4n) is 3.99. The molecule has 1 saturated carbocycles. The van der Waals surface area contributed by atoms with Crippen molar-refractivity contribution in [3.05, 3.63) is 55.4 Å². The van der Waals surface area contributed by atoms with Gasteiger partial charge in [0, 0.05) is 15.7 Å². The lowest BCUT2D eigenvalue weighted by molar-refractivity contribution is -0.118. The van der Waals surface area contributed by atoms with Crippen molar-refractivity contribution < 1.29 is 14.3 Å². The second-order valence-electron chi connectivity index (χ2n) is 8.18. The van der Waals surface area contributed by atoms with Crippen LogP contribution in [0.2, 0.25) is 10.0 Å². The van der Waals surface area contributed by atoms with E-state index in [0.29, 0.717) is 36.4 Å². The minimum Gasteiger partial charge on any atom is -0.458 e. The fraction of sp³-hybridized carbons (Fsp3) is 0.391. The maximum Gasteiger partial charge on any atom is 0.348 e. The van der Waals surface area contributed by atoms with Crippen molar-refractivity contribution in [2.75, 3.05) is 5.32 Å². The van der Waals surface area contributed by atoms with Crippen LogP contribution in [0.4, 0.5) is 5.69 Å². The quantitative estimate of drug-likeness (QED) is 0.443. The van der Waals surface area contributed by atoms with E-state index in [2.05, 4.69) is 10.3 Å². The molecule has 33 heavy (non-hydrogen) atoms. The fourth-order valence-corrected chi connectivity index (χ4v) is 5.54. The van der Waals surface area contributed by atoms with Crippen LogP contribution in [0.25, 0.3) is 10.2 Å². The Morgan fingerprint density at radius 1 is 1.18 bits per heavy atom. The number of amides is 1. The second kappa shape index (κ2) is 9.83. The van der Waals surface area contributed by atoms with Crippen LogP contribution in [-0.2, 0) is 9.53 Å². The predicted octanol–water partition coefficient (Wildman–Crippen LogP) is 5.76. The average molecular weight is 508 g/mol. The number of esters is 1. The summed E-state index contributed by atoms with van der Waals surface area (Å²) in [6, 6.07) is 3.83. The van der Waals surface area contributed by atoms with E-state index >= 15 is 0 Å². The molecule has 0 radical (unpaired) electrons. The molecule has 0 spiro atoms. The van der Waals surface area contributed by atoms with Gasteiger partial charge in [0.05, 0.1) is 11.7 Å². The number of carbonyl (C=O) groups is 2. The molecular formula is C23H23Cl2N3O4S. The Balaban J connectivity index is 1.59. The van der Waals surface area contributed by atoms with E-state index in [0.717, 1.165) is 43.4 Å². The van der Waals surface area contributed by atoms with E-state index in [1.807, 2.05) is 0 Å². The minimum atomic E-state index is -0.857. The molecule has 0 saturated heterocycles. The van der Waals surface area contributed by atoms with E-state index in [4.69, 9.17) is 27.9 Å². The zero-order chi connectivity index (χ0) is 23.7. The number of anilines is 1. The van der Waals surface area contributed by atoms with Gasteiger partial charge < -0.3 is 10.1 Å². The van der Waals surface area contributed by atoms with Crippen LogP contribution >= 0.6 is 34.5 Å². The Hall–Kier alpha value is -2.42. The first kappa shape index (κ1) is 23.7. The number of benzene rings is 1. The molecule has 7 nitrogen and oxygen atoms in total. The summed E-state index contributed by atoms with van der Waals surface area (Å²) in [4.78, 5) is 44.0. The van der Waals surface area contributed by atoms with Crippen molar-refractivity contribution in [3.63, 3.8) is 0 Å². The number of fused-ring (bicyclic) bond motifs is 1. The number of nitrogens with zero attached hydrogens (tertiary/aromatic N) is 2. The smallest absolute Gasteiger partial charge is 0.348 e. The third-order valence-electron chi connectivity index (χ3n) is 5.81. The van der Waals surface area contributed by atoms with Crippen molar-refractivity contribution in [2.45, 2.75) is 58.1 Å². The summed E-state index contributed by atoms with van der Waals surface area (Å²) in [6.07, 6.45) is 6.25. The number of ether oxygens (including phenoxy) is 1. The Labute approximate surface area is 204 Å². The monoisotopic (exact) mass is 507 g/mol. The zero-order valence-corrected chi connectivity index (χ0v) is 20.5. The highest BCUT2D eigenvalue weighted by atomic mass is 35.5. The Morgan fingerprint density at radius 2 is 1.85 bits per heavy atom. The lowest BCUT2D eigenvalue weighted by Crippen LogP contribution is -2.31. The predicted molar refractivity (Wildman–Crippen MR) is 131 cm³/mol.